The van der Waals surface area contributed by atoms with Crippen LogP contribution in [-0.4, -0.2) is 36.0 Å². The van der Waals surface area contributed by atoms with Crippen molar-refractivity contribution in [2.75, 3.05) is 20.1 Å². The van der Waals surface area contributed by atoms with Crippen molar-refractivity contribution >= 4 is 41.3 Å². The van der Waals surface area contributed by atoms with Crippen LogP contribution in [0.3, 0.4) is 0 Å². The maximum Gasteiger partial charge on any atom is 0.191 e. The molecule has 0 radical (unpaired) electrons. The van der Waals surface area contributed by atoms with Crippen molar-refractivity contribution < 1.29 is 0 Å². The molecule has 5 nitrogen and oxygen atoms in total. The number of aryl methyl sites for hydroxylation is 1. The van der Waals surface area contributed by atoms with Gasteiger partial charge in [-0.3, -0.25) is 9.89 Å². The van der Waals surface area contributed by atoms with E-state index in [1.807, 2.05) is 6.20 Å². The normalized spacial score (nSPS) is 15.8. The Labute approximate surface area is 196 Å². The van der Waals surface area contributed by atoms with E-state index in [-0.39, 0.29) is 24.0 Å². The molecule has 0 atom stereocenters. The molecule has 2 N–H and O–H groups in total. The van der Waals surface area contributed by atoms with E-state index in [4.69, 9.17) is 0 Å². The van der Waals surface area contributed by atoms with Crippen LogP contribution in [0.2, 0.25) is 0 Å². The van der Waals surface area contributed by atoms with Crippen molar-refractivity contribution in [3.8, 4) is 0 Å². The molecule has 1 saturated heterocycles. The summed E-state index contributed by atoms with van der Waals surface area (Å²) in [5, 5.41) is 7.82. The molecule has 7 heteroatoms. The van der Waals surface area contributed by atoms with Crippen molar-refractivity contribution in [2.45, 2.75) is 52.7 Å². The first kappa shape index (κ1) is 24.1. The van der Waals surface area contributed by atoms with Gasteiger partial charge in [-0.15, -0.1) is 35.3 Å². The Morgan fingerprint density at radius 2 is 1.79 bits per heavy atom. The second kappa shape index (κ2) is 12.5. The van der Waals surface area contributed by atoms with Crippen LogP contribution >= 0.6 is 35.3 Å². The second-order valence-corrected chi connectivity index (χ2v) is 8.83. The molecule has 29 heavy (non-hydrogen) atoms. The fourth-order valence-corrected chi connectivity index (χ4v) is 4.20. The molecular formula is C22H34IN5S. The predicted octanol–water partition coefficient (Wildman–Crippen LogP) is 4.42. The van der Waals surface area contributed by atoms with Gasteiger partial charge in [-0.1, -0.05) is 38.1 Å². The number of nitrogens with zero attached hydrogens (tertiary/aromatic N) is 3. The van der Waals surface area contributed by atoms with Gasteiger partial charge in [0.1, 0.15) is 5.01 Å². The predicted molar refractivity (Wildman–Crippen MR) is 134 cm³/mol. The molecule has 2 aromatic rings. The molecule has 1 aromatic heterocycles. The molecule has 0 bridgehead atoms. The number of piperidine rings is 1. The van der Waals surface area contributed by atoms with Crippen molar-refractivity contribution in [1.29, 1.82) is 0 Å². The molecular weight excluding hydrogens is 493 g/mol. The number of hydrogen-bond acceptors (Lipinski definition) is 4. The first-order chi connectivity index (χ1) is 13.7. The third kappa shape index (κ3) is 7.86. The highest BCUT2D eigenvalue weighted by Gasteiger charge is 2.15. The number of aromatic nitrogens is 1. The molecule has 0 amide bonds. The quantitative estimate of drug-likeness (QED) is 0.318. The van der Waals surface area contributed by atoms with Gasteiger partial charge >= 0.3 is 0 Å². The van der Waals surface area contributed by atoms with Crippen LogP contribution < -0.4 is 10.6 Å². The molecule has 160 valence electrons. The minimum absolute atomic E-state index is 0. The molecule has 1 aliphatic heterocycles. The monoisotopic (exact) mass is 527 g/mol. The maximum atomic E-state index is 4.44. The van der Waals surface area contributed by atoms with E-state index in [1.165, 1.54) is 41.9 Å². The molecule has 3 rings (SSSR count). The zero-order valence-electron chi connectivity index (χ0n) is 17.8. The van der Waals surface area contributed by atoms with Crippen molar-refractivity contribution in [3.05, 3.63) is 51.5 Å². The minimum atomic E-state index is 0. The van der Waals surface area contributed by atoms with Crippen LogP contribution in [-0.2, 0) is 26.1 Å². The molecule has 0 unspecified atom stereocenters. The minimum Gasteiger partial charge on any atom is -0.352 e. The molecule has 1 fully saturated rings. The summed E-state index contributed by atoms with van der Waals surface area (Å²) in [6.45, 7) is 9.51. The Bertz CT molecular complexity index is 751. The fraction of sp³-hybridized carbons (Fsp3) is 0.545. The van der Waals surface area contributed by atoms with Crippen LogP contribution in [0.15, 0.2) is 35.5 Å². The van der Waals surface area contributed by atoms with Crippen LogP contribution in [0.25, 0.3) is 0 Å². The van der Waals surface area contributed by atoms with Gasteiger partial charge in [0.15, 0.2) is 5.96 Å². The number of benzene rings is 1. The zero-order valence-corrected chi connectivity index (χ0v) is 20.9. The average molecular weight is 528 g/mol. The summed E-state index contributed by atoms with van der Waals surface area (Å²) in [4.78, 5) is 12.6. The molecule has 0 saturated carbocycles. The smallest absolute Gasteiger partial charge is 0.191 e. The van der Waals surface area contributed by atoms with E-state index in [0.29, 0.717) is 6.54 Å². The number of nitrogens with one attached hydrogen (secondary N) is 2. The Hall–Kier alpha value is -1.19. The van der Waals surface area contributed by atoms with Gasteiger partial charge in [-0.2, -0.15) is 0 Å². The lowest BCUT2D eigenvalue weighted by Crippen LogP contribution is -2.36. The van der Waals surface area contributed by atoms with Gasteiger partial charge in [0, 0.05) is 31.2 Å². The number of thiazole rings is 1. The molecule has 0 spiro atoms. The number of aliphatic imine (C=N–C) groups is 1. The summed E-state index contributed by atoms with van der Waals surface area (Å²) in [6.07, 6.45) is 5.66. The number of rotatable bonds is 7. The zero-order chi connectivity index (χ0) is 19.8. The standard InChI is InChI=1S/C22H33N5S.HI/c1-4-20-14-24-21(28-20)15-26-22(23-3)25-13-18-5-7-19(8-6-18)16-27-11-9-17(2)10-12-27;/h5-8,14,17H,4,9-13,15-16H2,1-3H3,(H2,23,25,26);1H. The van der Waals surface area contributed by atoms with Gasteiger partial charge in [0.25, 0.3) is 0 Å². The van der Waals surface area contributed by atoms with E-state index < -0.39 is 0 Å². The highest BCUT2D eigenvalue weighted by molar-refractivity contribution is 14.0. The average Bonchev–Trinajstić information content (AvgIpc) is 3.19. The lowest BCUT2D eigenvalue weighted by atomic mass is 9.99. The van der Waals surface area contributed by atoms with Gasteiger partial charge in [0.05, 0.1) is 6.54 Å². The van der Waals surface area contributed by atoms with E-state index in [0.717, 1.165) is 36.4 Å². The molecule has 1 aliphatic rings. The van der Waals surface area contributed by atoms with Gasteiger partial charge in [-0.05, 0) is 49.4 Å². The van der Waals surface area contributed by atoms with E-state index in [2.05, 4.69) is 63.6 Å². The van der Waals surface area contributed by atoms with Crippen molar-refractivity contribution in [2.24, 2.45) is 10.9 Å². The summed E-state index contributed by atoms with van der Waals surface area (Å²) in [5.74, 6) is 1.69. The number of guanidine groups is 1. The topological polar surface area (TPSA) is 52.6 Å². The second-order valence-electron chi connectivity index (χ2n) is 7.63. The van der Waals surface area contributed by atoms with Gasteiger partial charge < -0.3 is 10.6 Å². The lowest BCUT2D eigenvalue weighted by molar-refractivity contribution is 0.185. The number of hydrogen-bond donors (Lipinski definition) is 2. The maximum absolute atomic E-state index is 4.44. The Morgan fingerprint density at radius 1 is 1.14 bits per heavy atom. The van der Waals surface area contributed by atoms with E-state index in [1.54, 1.807) is 18.4 Å². The summed E-state index contributed by atoms with van der Waals surface area (Å²) < 4.78 is 0. The fourth-order valence-electron chi connectivity index (χ4n) is 3.40. The van der Waals surface area contributed by atoms with Crippen LogP contribution in [0.5, 0.6) is 0 Å². The Kier molecular flexibility index (Phi) is 10.4. The largest absolute Gasteiger partial charge is 0.352 e. The lowest BCUT2D eigenvalue weighted by Gasteiger charge is -2.30. The summed E-state index contributed by atoms with van der Waals surface area (Å²) in [5.41, 5.74) is 2.66. The van der Waals surface area contributed by atoms with Gasteiger partial charge in [-0.25, -0.2) is 4.98 Å². The highest BCUT2D eigenvalue weighted by Crippen LogP contribution is 2.18. The first-order valence-electron chi connectivity index (χ1n) is 10.3. The highest BCUT2D eigenvalue weighted by atomic mass is 127. The Morgan fingerprint density at radius 3 is 2.41 bits per heavy atom. The third-order valence-electron chi connectivity index (χ3n) is 5.35. The van der Waals surface area contributed by atoms with E-state index in [9.17, 15) is 0 Å². The van der Waals surface area contributed by atoms with Crippen molar-refractivity contribution in [1.82, 2.24) is 20.5 Å². The summed E-state index contributed by atoms with van der Waals surface area (Å²) in [6, 6.07) is 8.95. The third-order valence-corrected chi connectivity index (χ3v) is 6.49. The van der Waals surface area contributed by atoms with Crippen LogP contribution in [0.4, 0.5) is 0 Å². The SMILES string of the molecule is CCc1cnc(CNC(=NC)NCc2ccc(CN3CCC(C)CC3)cc2)s1.I. The van der Waals surface area contributed by atoms with Gasteiger partial charge in [0.2, 0.25) is 0 Å². The first-order valence-corrected chi connectivity index (χ1v) is 11.2. The van der Waals surface area contributed by atoms with Crippen molar-refractivity contribution in [3.63, 3.8) is 0 Å². The Balaban J connectivity index is 0.00000300. The molecule has 0 aliphatic carbocycles. The van der Waals surface area contributed by atoms with Crippen LogP contribution in [0.1, 0.15) is 47.7 Å². The van der Waals surface area contributed by atoms with E-state index >= 15 is 0 Å². The summed E-state index contributed by atoms with van der Waals surface area (Å²) in [7, 11) is 1.80. The number of likely N-dealkylation sites (tertiary alicyclic amines) is 1. The van der Waals surface area contributed by atoms with Crippen LogP contribution in [0, 0.1) is 5.92 Å². The number of halogens is 1. The molecule has 2 heterocycles. The molecule has 1 aromatic carbocycles. The summed E-state index contributed by atoms with van der Waals surface area (Å²) >= 11 is 1.76.